The van der Waals surface area contributed by atoms with Crippen molar-refractivity contribution >= 4 is 11.6 Å². The quantitative estimate of drug-likeness (QED) is 0.552. The van der Waals surface area contributed by atoms with Crippen LogP contribution in [0.4, 0.5) is 0 Å². The van der Waals surface area contributed by atoms with E-state index in [-0.39, 0.29) is 0 Å². The van der Waals surface area contributed by atoms with Crippen molar-refractivity contribution in [3.8, 4) is 11.5 Å². The van der Waals surface area contributed by atoms with Crippen molar-refractivity contribution in [1.82, 2.24) is 0 Å². The van der Waals surface area contributed by atoms with Gasteiger partial charge in [0.1, 0.15) is 11.5 Å². The summed E-state index contributed by atoms with van der Waals surface area (Å²) in [6.45, 7) is 3.90. The standard InChI is InChI=1S/C16H15ClO/c1-13(12-17)11-14-7-9-16(10-8-14)18-15-5-3-2-4-6-15/h2-10H,1,11-12H2. The maximum Gasteiger partial charge on any atom is 0.127 e. The fourth-order valence-corrected chi connectivity index (χ4v) is 1.73. The third kappa shape index (κ3) is 3.64. The molecule has 0 aliphatic carbocycles. The molecular formula is C16H15ClO. The Hall–Kier alpha value is -1.73. The molecule has 1 nitrogen and oxygen atoms in total. The summed E-state index contributed by atoms with van der Waals surface area (Å²) in [6, 6.07) is 17.7. The number of hydrogen-bond acceptors (Lipinski definition) is 1. The number of alkyl halides is 1. The second-order valence-electron chi connectivity index (χ2n) is 4.12. The highest BCUT2D eigenvalue weighted by Gasteiger charge is 1.99. The van der Waals surface area contributed by atoms with Gasteiger partial charge >= 0.3 is 0 Å². The predicted octanol–water partition coefficient (Wildman–Crippen LogP) is 4.82. The molecule has 0 aliphatic heterocycles. The fourth-order valence-electron chi connectivity index (χ4n) is 1.64. The first kappa shape index (κ1) is 12.7. The molecule has 0 fully saturated rings. The number of benzene rings is 2. The molecule has 0 bridgehead atoms. The van der Waals surface area contributed by atoms with E-state index in [1.54, 1.807) is 0 Å². The van der Waals surface area contributed by atoms with Crippen molar-refractivity contribution in [2.75, 3.05) is 5.88 Å². The number of rotatable bonds is 5. The molecule has 0 unspecified atom stereocenters. The van der Waals surface area contributed by atoms with E-state index in [9.17, 15) is 0 Å². The van der Waals surface area contributed by atoms with Crippen LogP contribution in [0.3, 0.4) is 0 Å². The number of halogens is 1. The van der Waals surface area contributed by atoms with Crippen LogP contribution in [0.5, 0.6) is 11.5 Å². The Morgan fingerprint density at radius 2 is 1.56 bits per heavy atom. The topological polar surface area (TPSA) is 9.23 Å². The van der Waals surface area contributed by atoms with Crippen molar-refractivity contribution < 1.29 is 4.74 Å². The van der Waals surface area contributed by atoms with E-state index in [1.807, 2.05) is 54.6 Å². The van der Waals surface area contributed by atoms with Crippen LogP contribution in [0.15, 0.2) is 66.7 Å². The van der Waals surface area contributed by atoms with Gasteiger partial charge in [-0.3, -0.25) is 0 Å². The zero-order valence-corrected chi connectivity index (χ0v) is 10.9. The first-order chi connectivity index (χ1) is 8.78. The van der Waals surface area contributed by atoms with Crippen LogP contribution in [0, 0.1) is 0 Å². The maximum atomic E-state index is 5.72. The first-order valence-electron chi connectivity index (χ1n) is 5.82. The zero-order chi connectivity index (χ0) is 12.8. The Kier molecular flexibility index (Phi) is 4.43. The Bertz CT molecular complexity index is 502. The zero-order valence-electron chi connectivity index (χ0n) is 10.1. The lowest BCUT2D eigenvalue weighted by atomic mass is 10.1. The van der Waals surface area contributed by atoms with Crippen molar-refractivity contribution in [3.63, 3.8) is 0 Å². The molecule has 2 rings (SSSR count). The molecule has 0 aromatic heterocycles. The largest absolute Gasteiger partial charge is 0.457 e. The normalized spacial score (nSPS) is 10.1. The van der Waals surface area contributed by atoms with Crippen LogP contribution in [0.1, 0.15) is 5.56 Å². The summed E-state index contributed by atoms with van der Waals surface area (Å²) in [5.74, 6) is 2.18. The predicted molar refractivity (Wildman–Crippen MR) is 76.5 cm³/mol. The summed E-state index contributed by atoms with van der Waals surface area (Å²) in [5.41, 5.74) is 2.22. The van der Waals surface area contributed by atoms with Gasteiger partial charge in [-0.15, -0.1) is 11.6 Å². The molecule has 0 spiro atoms. The minimum absolute atomic E-state index is 0.502. The van der Waals surface area contributed by atoms with Crippen molar-refractivity contribution in [2.24, 2.45) is 0 Å². The van der Waals surface area contributed by atoms with Crippen molar-refractivity contribution in [3.05, 3.63) is 72.3 Å². The van der Waals surface area contributed by atoms with E-state index < -0.39 is 0 Å². The number of hydrogen-bond donors (Lipinski definition) is 0. The Labute approximate surface area is 113 Å². The van der Waals surface area contributed by atoms with Gasteiger partial charge in [0, 0.05) is 5.88 Å². The third-order valence-corrected chi connectivity index (χ3v) is 2.92. The highest BCUT2D eigenvalue weighted by Crippen LogP contribution is 2.21. The second kappa shape index (κ2) is 6.27. The van der Waals surface area contributed by atoms with E-state index in [0.29, 0.717) is 5.88 Å². The van der Waals surface area contributed by atoms with Gasteiger partial charge in [0.25, 0.3) is 0 Å². The number of allylic oxidation sites excluding steroid dienone is 1. The first-order valence-corrected chi connectivity index (χ1v) is 6.36. The molecule has 0 radical (unpaired) electrons. The molecule has 0 atom stereocenters. The molecule has 0 saturated carbocycles. The maximum absolute atomic E-state index is 5.72. The molecule has 2 heteroatoms. The van der Waals surface area contributed by atoms with Crippen LogP contribution < -0.4 is 4.74 Å². The average Bonchev–Trinajstić information content (AvgIpc) is 2.42. The molecule has 2 aromatic rings. The van der Waals surface area contributed by atoms with Gasteiger partial charge in [-0.2, -0.15) is 0 Å². The van der Waals surface area contributed by atoms with Crippen molar-refractivity contribution in [1.29, 1.82) is 0 Å². The summed E-state index contributed by atoms with van der Waals surface area (Å²) < 4.78 is 5.72. The Morgan fingerprint density at radius 1 is 0.944 bits per heavy atom. The highest BCUT2D eigenvalue weighted by atomic mass is 35.5. The molecule has 0 amide bonds. The van der Waals surface area contributed by atoms with Crippen LogP contribution in [-0.4, -0.2) is 5.88 Å². The monoisotopic (exact) mass is 258 g/mol. The minimum Gasteiger partial charge on any atom is -0.457 e. The SMILES string of the molecule is C=C(CCl)Cc1ccc(Oc2ccccc2)cc1. The molecule has 0 N–H and O–H groups in total. The molecule has 2 aromatic carbocycles. The molecule has 0 aliphatic rings. The highest BCUT2D eigenvalue weighted by molar-refractivity contribution is 6.19. The van der Waals surface area contributed by atoms with Crippen LogP contribution in [0.2, 0.25) is 0 Å². The van der Waals surface area contributed by atoms with Gasteiger partial charge in [-0.05, 0) is 36.2 Å². The second-order valence-corrected chi connectivity index (χ2v) is 4.39. The third-order valence-electron chi connectivity index (χ3n) is 2.55. The molecule has 0 heterocycles. The van der Waals surface area contributed by atoms with Crippen LogP contribution in [-0.2, 0) is 6.42 Å². The lowest BCUT2D eigenvalue weighted by Crippen LogP contribution is -1.90. The summed E-state index contributed by atoms with van der Waals surface area (Å²) in [6.07, 6.45) is 0.815. The summed E-state index contributed by atoms with van der Waals surface area (Å²) in [4.78, 5) is 0. The fraction of sp³-hybridized carbons (Fsp3) is 0.125. The summed E-state index contributed by atoms with van der Waals surface area (Å²) in [7, 11) is 0. The van der Waals surface area contributed by atoms with Crippen LogP contribution >= 0.6 is 11.6 Å². The summed E-state index contributed by atoms with van der Waals surface area (Å²) >= 11 is 5.72. The molecular weight excluding hydrogens is 244 g/mol. The Morgan fingerprint density at radius 3 is 2.17 bits per heavy atom. The van der Waals surface area contributed by atoms with Crippen molar-refractivity contribution in [2.45, 2.75) is 6.42 Å². The average molecular weight is 259 g/mol. The summed E-state index contributed by atoms with van der Waals surface area (Å²) in [5, 5.41) is 0. The molecule has 92 valence electrons. The minimum atomic E-state index is 0.502. The van der Waals surface area contributed by atoms with Gasteiger partial charge in [-0.25, -0.2) is 0 Å². The van der Waals surface area contributed by atoms with E-state index in [0.717, 1.165) is 23.5 Å². The number of para-hydroxylation sites is 1. The van der Waals surface area contributed by atoms with E-state index in [1.165, 1.54) is 5.56 Å². The lowest BCUT2D eigenvalue weighted by molar-refractivity contribution is 0.482. The van der Waals surface area contributed by atoms with E-state index in [2.05, 4.69) is 6.58 Å². The molecule has 18 heavy (non-hydrogen) atoms. The lowest BCUT2D eigenvalue weighted by Gasteiger charge is -2.07. The van der Waals surface area contributed by atoms with E-state index in [4.69, 9.17) is 16.3 Å². The van der Waals surface area contributed by atoms with E-state index >= 15 is 0 Å². The van der Waals surface area contributed by atoms with Gasteiger partial charge in [0.15, 0.2) is 0 Å². The van der Waals surface area contributed by atoms with Gasteiger partial charge in [0.05, 0.1) is 0 Å². The number of ether oxygens (including phenoxy) is 1. The van der Waals surface area contributed by atoms with Crippen LogP contribution in [0.25, 0.3) is 0 Å². The smallest absolute Gasteiger partial charge is 0.127 e. The Balaban J connectivity index is 2.02. The van der Waals surface area contributed by atoms with Gasteiger partial charge in [0.2, 0.25) is 0 Å². The molecule has 0 saturated heterocycles. The van der Waals surface area contributed by atoms with Gasteiger partial charge in [-0.1, -0.05) is 42.5 Å². The van der Waals surface area contributed by atoms with Gasteiger partial charge < -0.3 is 4.74 Å².